The Balaban J connectivity index is 2.46. The topological polar surface area (TPSA) is 34.1 Å². The summed E-state index contributed by atoms with van der Waals surface area (Å²) in [7, 11) is 1.98. The third-order valence-electron chi connectivity index (χ3n) is 2.37. The average Bonchev–Trinajstić information content (AvgIpc) is 2.67. The Morgan fingerprint density at radius 2 is 2.08 bits per heavy atom. The van der Waals surface area contributed by atoms with Crippen LogP contribution in [0.25, 0.3) is 0 Å². The van der Waals surface area contributed by atoms with Gasteiger partial charge in [0.25, 0.3) is 0 Å². The van der Waals surface area contributed by atoms with Gasteiger partial charge in [0.15, 0.2) is 0 Å². The zero-order chi connectivity index (χ0) is 9.24. The van der Waals surface area contributed by atoms with Crippen LogP contribution in [0.4, 0.5) is 0 Å². The molecule has 0 aliphatic heterocycles. The molecule has 2 nitrogen and oxygen atoms in total. The Bertz CT molecular complexity index is 265. The molecule has 0 aromatic rings. The number of hydrogen-bond acceptors (Lipinski definition) is 2. The second-order valence-corrected chi connectivity index (χ2v) is 6.26. The molecule has 4 heteroatoms. The molecule has 0 N–H and O–H groups in total. The van der Waals surface area contributed by atoms with E-state index in [1.54, 1.807) is 6.08 Å². The molecule has 70 valence electrons. The molecule has 0 amide bonds. The molecule has 0 heterocycles. The minimum atomic E-state index is -3.33. The lowest BCUT2D eigenvalue weighted by Gasteiger charge is -2.08. The van der Waals surface area contributed by atoms with Crippen LogP contribution in [0.2, 0.25) is 0 Å². The highest BCUT2D eigenvalue weighted by Gasteiger charge is 2.52. The summed E-state index contributed by atoms with van der Waals surface area (Å²) in [6.07, 6.45) is 5.69. The predicted octanol–water partition coefficient (Wildman–Crippen LogP) is 2.44. The number of halogens is 1. The maximum Gasteiger partial charge on any atom is 0.238 e. The fraction of sp³-hybridized carbons (Fsp3) is 0.750. The van der Waals surface area contributed by atoms with Crippen LogP contribution in [-0.2, 0) is 9.05 Å². The van der Waals surface area contributed by atoms with Crippen molar-refractivity contribution in [3.63, 3.8) is 0 Å². The van der Waals surface area contributed by atoms with Crippen molar-refractivity contribution in [1.29, 1.82) is 0 Å². The van der Waals surface area contributed by atoms with Gasteiger partial charge in [-0.25, -0.2) is 8.42 Å². The van der Waals surface area contributed by atoms with Crippen molar-refractivity contribution in [2.75, 3.05) is 0 Å². The van der Waals surface area contributed by atoms with Crippen LogP contribution >= 0.6 is 10.7 Å². The van der Waals surface area contributed by atoms with Crippen LogP contribution in [0.5, 0.6) is 0 Å². The molecule has 0 unspecified atom stereocenters. The van der Waals surface area contributed by atoms with Crippen molar-refractivity contribution in [2.45, 2.75) is 36.9 Å². The maximum atomic E-state index is 11.0. The van der Waals surface area contributed by atoms with Gasteiger partial charge in [0.2, 0.25) is 9.05 Å². The van der Waals surface area contributed by atoms with Gasteiger partial charge in [-0.2, -0.15) is 0 Å². The summed E-state index contributed by atoms with van der Waals surface area (Å²) in [6.45, 7) is 3.58. The molecular formula is C8H13ClO2S. The molecule has 12 heavy (non-hydrogen) atoms. The quantitative estimate of drug-likeness (QED) is 0.395. The lowest BCUT2D eigenvalue weighted by molar-refractivity contribution is 0.576. The van der Waals surface area contributed by atoms with Gasteiger partial charge in [-0.1, -0.05) is 6.08 Å². The molecule has 1 aliphatic rings. The summed E-state index contributed by atoms with van der Waals surface area (Å²) in [4.78, 5) is 0. The van der Waals surface area contributed by atoms with Gasteiger partial charge in [0.1, 0.15) is 0 Å². The van der Waals surface area contributed by atoms with Gasteiger partial charge in [-0.15, -0.1) is 6.58 Å². The van der Waals surface area contributed by atoms with Crippen LogP contribution in [0.3, 0.4) is 0 Å². The molecule has 1 rings (SSSR count). The van der Waals surface area contributed by atoms with Crippen molar-refractivity contribution < 1.29 is 8.42 Å². The van der Waals surface area contributed by atoms with Crippen LogP contribution in [0.1, 0.15) is 32.1 Å². The summed E-state index contributed by atoms with van der Waals surface area (Å²) < 4.78 is 21.5. The predicted molar refractivity (Wildman–Crippen MR) is 50.8 cm³/mol. The van der Waals surface area contributed by atoms with Gasteiger partial charge in [-0.3, -0.25) is 0 Å². The van der Waals surface area contributed by atoms with E-state index in [2.05, 4.69) is 6.58 Å². The molecule has 0 aromatic carbocycles. The first-order chi connectivity index (χ1) is 5.52. The zero-order valence-electron chi connectivity index (χ0n) is 6.92. The molecule has 0 bridgehead atoms. The molecule has 0 radical (unpaired) electrons. The van der Waals surface area contributed by atoms with E-state index in [0.717, 1.165) is 25.7 Å². The minimum absolute atomic E-state index is 0.572. The standard InChI is InChI=1S/C8H13ClO2S/c1-2-3-4-5-8(6-7-8)12(9,10)11/h2H,1,3-7H2. The van der Waals surface area contributed by atoms with E-state index in [4.69, 9.17) is 10.7 Å². The fourth-order valence-corrected chi connectivity index (χ4v) is 3.00. The summed E-state index contributed by atoms with van der Waals surface area (Å²) in [5, 5.41) is 0. The summed E-state index contributed by atoms with van der Waals surface area (Å²) in [5.41, 5.74) is 0. The van der Waals surface area contributed by atoms with Crippen LogP contribution in [-0.4, -0.2) is 13.2 Å². The van der Waals surface area contributed by atoms with Gasteiger partial charge in [0.05, 0.1) is 4.75 Å². The second kappa shape index (κ2) is 3.38. The van der Waals surface area contributed by atoms with Crippen molar-refractivity contribution >= 4 is 19.7 Å². The molecule has 0 saturated heterocycles. The molecule has 0 atom stereocenters. The lowest BCUT2D eigenvalue weighted by Crippen LogP contribution is -2.17. The van der Waals surface area contributed by atoms with Gasteiger partial charge in [0, 0.05) is 10.7 Å². The lowest BCUT2D eigenvalue weighted by atomic mass is 10.2. The van der Waals surface area contributed by atoms with Crippen LogP contribution in [0.15, 0.2) is 12.7 Å². The third-order valence-corrected chi connectivity index (χ3v) is 4.99. The van der Waals surface area contributed by atoms with Gasteiger partial charge in [-0.05, 0) is 32.1 Å². The van der Waals surface area contributed by atoms with E-state index in [1.807, 2.05) is 0 Å². The first-order valence-corrected chi connectivity index (χ1v) is 6.38. The molecule has 0 spiro atoms. The molecule has 1 saturated carbocycles. The van der Waals surface area contributed by atoms with Crippen molar-refractivity contribution in [3.05, 3.63) is 12.7 Å². The largest absolute Gasteiger partial charge is 0.238 e. The first kappa shape index (κ1) is 10.1. The highest BCUT2D eigenvalue weighted by molar-refractivity contribution is 8.15. The smallest absolute Gasteiger partial charge is 0.212 e. The summed E-state index contributed by atoms with van der Waals surface area (Å²) >= 11 is 0. The normalized spacial score (nSPS) is 20.4. The average molecular weight is 209 g/mol. The van der Waals surface area contributed by atoms with Crippen LogP contribution in [0, 0.1) is 0 Å². The number of unbranched alkanes of at least 4 members (excludes halogenated alkanes) is 1. The number of rotatable bonds is 5. The van der Waals surface area contributed by atoms with Crippen molar-refractivity contribution in [3.8, 4) is 0 Å². The van der Waals surface area contributed by atoms with E-state index < -0.39 is 13.8 Å². The van der Waals surface area contributed by atoms with E-state index in [0.29, 0.717) is 6.42 Å². The SMILES string of the molecule is C=CCCCC1(S(=O)(=O)Cl)CC1. The fourth-order valence-electron chi connectivity index (χ4n) is 1.32. The Morgan fingerprint density at radius 3 is 2.42 bits per heavy atom. The number of hydrogen-bond donors (Lipinski definition) is 0. The van der Waals surface area contributed by atoms with Gasteiger partial charge < -0.3 is 0 Å². The molecule has 0 aromatic heterocycles. The second-order valence-electron chi connectivity index (χ2n) is 3.30. The number of allylic oxidation sites excluding steroid dienone is 1. The van der Waals surface area contributed by atoms with E-state index >= 15 is 0 Å². The monoisotopic (exact) mass is 208 g/mol. The summed E-state index contributed by atoms with van der Waals surface area (Å²) in [6, 6.07) is 0. The maximum absolute atomic E-state index is 11.0. The Kier molecular flexibility index (Phi) is 2.84. The summed E-state index contributed by atoms with van der Waals surface area (Å²) in [5.74, 6) is 0. The van der Waals surface area contributed by atoms with E-state index in [9.17, 15) is 8.42 Å². The Labute approximate surface area is 78.0 Å². The van der Waals surface area contributed by atoms with Crippen molar-refractivity contribution in [1.82, 2.24) is 0 Å². The first-order valence-electron chi connectivity index (χ1n) is 4.07. The Morgan fingerprint density at radius 1 is 1.50 bits per heavy atom. The minimum Gasteiger partial charge on any atom is -0.212 e. The molecule has 1 aliphatic carbocycles. The van der Waals surface area contributed by atoms with Crippen molar-refractivity contribution in [2.24, 2.45) is 0 Å². The molecule has 1 fully saturated rings. The highest BCUT2D eigenvalue weighted by atomic mass is 35.7. The Hall–Kier alpha value is -0.0200. The van der Waals surface area contributed by atoms with E-state index in [-0.39, 0.29) is 0 Å². The molecular weight excluding hydrogens is 196 g/mol. The van der Waals surface area contributed by atoms with Crippen LogP contribution < -0.4 is 0 Å². The van der Waals surface area contributed by atoms with Gasteiger partial charge >= 0.3 is 0 Å². The highest BCUT2D eigenvalue weighted by Crippen LogP contribution is 2.49. The zero-order valence-corrected chi connectivity index (χ0v) is 8.50. The van der Waals surface area contributed by atoms with E-state index in [1.165, 1.54) is 0 Å². The third kappa shape index (κ3) is 2.02.